The second kappa shape index (κ2) is 9.02. The van der Waals surface area contributed by atoms with Gasteiger partial charge in [0, 0.05) is 18.8 Å². The Bertz CT molecular complexity index is 966. The van der Waals surface area contributed by atoms with Crippen molar-refractivity contribution in [3.63, 3.8) is 0 Å². The van der Waals surface area contributed by atoms with Crippen molar-refractivity contribution in [1.29, 1.82) is 0 Å². The first kappa shape index (κ1) is 22.5. The van der Waals surface area contributed by atoms with Gasteiger partial charge in [-0.25, -0.2) is 4.39 Å². The third kappa shape index (κ3) is 5.18. The van der Waals surface area contributed by atoms with Gasteiger partial charge in [0.25, 0.3) is 0 Å². The minimum atomic E-state index is -4.68. The molecule has 2 aliphatic heterocycles. The largest absolute Gasteiger partial charge is 0.573 e. The summed E-state index contributed by atoms with van der Waals surface area (Å²) < 4.78 is 54.7. The van der Waals surface area contributed by atoms with E-state index in [0.29, 0.717) is 18.2 Å². The summed E-state index contributed by atoms with van der Waals surface area (Å²) in [5.74, 6) is -0.210. The standard InChI is InChI=1S/C24H27F4N3O/c1-16(31-10-2-3-19-13-20(25)14-22(29)23(19)31)15-30-11-8-18(9-12-30)17-4-6-21(7-5-17)32-24(26,27)28/h4-7,13-14,18H,1-3,8-12,15,29H2. The van der Waals surface area contributed by atoms with Gasteiger partial charge >= 0.3 is 6.36 Å². The number of aryl methyl sites for hydroxylation is 1. The molecule has 0 saturated carbocycles. The third-order valence-electron chi connectivity index (χ3n) is 6.24. The number of alkyl halides is 3. The molecule has 0 radical (unpaired) electrons. The lowest BCUT2D eigenvalue weighted by molar-refractivity contribution is -0.274. The number of hydrogen-bond donors (Lipinski definition) is 1. The molecule has 2 aromatic rings. The van der Waals surface area contributed by atoms with Crippen LogP contribution in [0.2, 0.25) is 0 Å². The van der Waals surface area contributed by atoms with Gasteiger partial charge in [-0.15, -0.1) is 13.2 Å². The normalized spacial score (nSPS) is 17.8. The monoisotopic (exact) mass is 449 g/mol. The molecule has 0 amide bonds. The van der Waals surface area contributed by atoms with Crippen molar-refractivity contribution in [1.82, 2.24) is 4.90 Å². The fourth-order valence-corrected chi connectivity index (χ4v) is 4.76. The van der Waals surface area contributed by atoms with E-state index in [-0.39, 0.29) is 11.6 Å². The van der Waals surface area contributed by atoms with Crippen LogP contribution in [0.5, 0.6) is 5.75 Å². The molecule has 4 nitrogen and oxygen atoms in total. The number of ether oxygens (including phenoxy) is 1. The number of nitrogens with zero attached hydrogens (tertiary/aromatic N) is 2. The van der Waals surface area contributed by atoms with Crippen LogP contribution in [0.4, 0.5) is 28.9 Å². The molecule has 1 fully saturated rings. The van der Waals surface area contributed by atoms with Crippen LogP contribution < -0.4 is 15.4 Å². The van der Waals surface area contributed by atoms with Crippen LogP contribution >= 0.6 is 0 Å². The molecule has 1 saturated heterocycles. The van der Waals surface area contributed by atoms with Crippen molar-refractivity contribution >= 4 is 11.4 Å². The average molecular weight is 449 g/mol. The van der Waals surface area contributed by atoms with Gasteiger partial charge in [-0.3, -0.25) is 4.90 Å². The van der Waals surface area contributed by atoms with Gasteiger partial charge in [-0.05, 0) is 80.1 Å². The number of rotatable bonds is 5. The Morgan fingerprint density at radius 2 is 1.78 bits per heavy atom. The first-order chi connectivity index (χ1) is 15.2. The highest BCUT2D eigenvalue weighted by Gasteiger charge is 2.31. The van der Waals surface area contributed by atoms with Crippen molar-refractivity contribution in [2.24, 2.45) is 0 Å². The van der Waals surface area contributed by atoms with E-state index in [0.717, 1.165) is 67.8 Å². The van der Waals surface area contributed by atoms with Gasteiger partial charge in [0.05, 0.1) is 11.4 Å². The Kier molecular flexibility index (Phi) is 6.33. The van der Waals surface area contributed by atoms with Crippen LogP contribution in [-0.4, -0.2) is 37.4 Å². The van der Waals surface area contributed by atoms with E-state index in [9.17, 15) is 17.6 Å². The summed E-state index contributed by atoms with van der Waals surface area (Å²) in [5.41, 5.74) is 10.3. The van der Waals surface area contributed by atoms with Crippen LogP contribution in [-0.2, 0) is 6.42 Å². The molecule has 32 heavy (non-hydrogen) atoms. The molecular formula is C24H27F4N3O. The molecule has 8 heteroatoms. The van der Waals surface area contributed by atoms with E-state index in [4.69, 9.17) is 5.73 Å². The van der Waals surface area contributed by atoms with Gasteiger partial charge in [-0.1, -0.05) is 18.7 Å². The average Bonchev–Trinajstić information content (AvgIpc) is 2.73. The fourth-order valence-electron chi connectivity index (χ4n) is 4.76. The smallest absolute Gasteiger partial charge is 0.406 e. The van der Waals surface area contributed by atoms with E-state index >= 15 is 0 Å². The van der Waals surface area contributed by atoms with Gasteiger partial charge in [-0.2, -0.15) is 0 Å². The lowest BCUT2D eigenvalue weighted by Gasteiger charge is -2.38. The molecule has 0 atom stereocenters. The quantitative estimate of drug-likeness (QED) is 0.487. The van der Waals surface area contributed by atoms with Crippen molar-refractivity contribution in [2.45, 2.75) is 38.0 Å². The minimum Gasteiger partial charge on any atom is -0.406 e. The number of fused-ring (bicyclic) bond motifs is 1. The number of hydrogen-bond acceptors (Lipinski definition) is 4. The Balaban J connectivity index is 1.34. The van der Waals surface area contributed by atoms with Crippen LogP contribution in [0.1, 0.15) is 36.3 Å². The van der Waals surface area contributed by atoms with Crippen molar-refractivity contribution in [3.05, 3.63) is 65.6 Å². The van der Waals surface area contributed by atoms with E-state index < -0.39 is 6.36 Å². The zero-order chi connectivity index (χ0) is 22.9. The summed E-state index contributed by atoms with van der Waals surface area (Å²) in [7, 11) is 0. The molecule has 2 aromatic carbocycles. The number of halogens is 4. The predicted octanol–water partition coefficient (Wildman–Crippen LogP) is 5.45. The lowest BCUT2D eigenvalue weighted by atomic mass is 9.89. The highest BCUT2D eigenvalue weighted by Crippen LogP contribution is 2.36. The second-order valence-corrected chi connectivity index (χ2v) is 8.49. The summed E-state index contributed by atoms with van der Waals surface area (Å²) >= 11 is 0. The van der Waals surface area contributed by atoms with Gasteiger partial charge < -0.3 is 15.4 Å². The van der Waals surface area contributed by atoms with Gasteiger partial charge in [0.1, 0.15) is 11.6 Å². The van der Waals surface area contributed by atoms with E-state index in [1.165, 1.54) is 18.2 Å². The Hall–Kier alpha value is -2.74. The summed E-state index contributed by atoms with van der Waals surface area (Å²) in [6.45, 7) is 7.52. The highest BCUT2D eigenvalue weighted by molar-refractivity contribution is 5.75. The molecule has 0 aromatic heterocycles. The van der Waals surface area contributed by atoms with Gasteiger partial charge in [0.2, 0.25) is 0 Å². The lowest BCUT2D eigenvalue weighted by Crippen LogP contribution is -2.39. The molecule has 2 aliphatic rings. The second-order valence-electron chi connectivity index (χ2n) is 8.49. The fraction of sp³-hybridized carbons (Fsp3) is 0.417. The van der Waals surface area contributed by atoms with E-state index in [1.807, 2.05) is 0 Å². The Morgan fingerprint density at radius 1 is 1.09 bits per heavy atom. The predicted molar refractivity (Wildman–Crippen MR) is 117 cm³/mol. The maximum absolute atomic E-state index is 13.7. The summed E-state index contributed by atoms with van der Waals surface area (Å²) in [6, 6.07) is 9.10. The zero-order valence-electron chi connectivity index (χ0n) is 17.8. The van der Waals surface area contributed by atoms with Crippen LogP contribution in [0.3, 0.4) is 0 Å². The molecule has 2 heterocycles. The first-order valence-corrected chi connectivity index (χ1v) is 10.8. The number of likely N-dealkylation sites (tertiary alicyclic amines) is 1. The van der Waals surface area contributed by atoms with Crippen LogP contribution in [0.25, 0.3) is 0 Å². The van der Waals surface area contributed by atoms with Gasteiger partial charge in [0.15, 0.2) is 0 Å². The summed E-state index contributed by atoms with van der Waals surface area (Å²) in [4.78, 5) is 4.44. The number of benzene rings is 2. The Morgan fingerprint density at radius 3 is 2.44 bits per heavy atom. The molecule has 0 aliphatic carbocycles. The molecule has 172 valence electrons. The number of anilines is 2. The number of piperidine rings is 1. The molecule has 0 bridgehead atoms. The topological polar surface area (TPSA) is 41.7 Å². The van der Waals surface area contributed by atoms with E-state index in [1.54, 1.807) is 18.2 Å². The Labute approximate surface area is 185 Å². The SMILES string of the molecule is C=C(CN1CCC(c2ccc(OC(F)(F)F)cc2)CC1)N1CCCc2cc(F)cc(N)c21. The van der Waals surface area contributed by atoms with E-state index in [2.05, 4.69) is 21.1 Å². The first-order valence-electron chi connectivity index (χ1n) is 10.8. The maximum atomic E-state index is 13.7. The zero-order valence-corrected chi connectivity index (χ0v) is 17.8. The highest BCUT2D eigenvalue weighted by atomic mass is 19.4. The molecular weight excluding hydrogens is 422 g/mol. The minimum absolute atomic E-state index is 0.198. The molecule has 2 N–H and O–H groups in total. The van der Waals surface area contributed by atoms with Crippen molar-refractivity contribution in [3.8, 4) is 5.75 Å². The summed E-state index contributed by atoms with van der Waals surface area (Å²) in [6.07, 6.45) is -1.12. The molecule has 0 unspecified atom stereocenters. The molecule has 0 spiro atoms. The maximum Gasteiger partial charge on any atom is 0.573 e. The number of nitrogens with two attached hydrogens (primary N) is 1. The van der Waals surface area contributed by atoms with Crippen molar-refractivity contribution < 1.29 is 22.3 Å². The third-order valence-corrected chi connectivity index (χ3v) is 6.24. The van der Waals surface area contributed by atoms with Crippen LogP contribution in [0.15, 0.2) is 48.7 Å². The number of nitrogen functional groups attached to an aromatic ring is 1. The van der Waals surface area contributed by atoms with Crippen LogP contribution in [0, 0.1) is 5.82 Å². The van der Waals surface area contributed by atoms with Crippen molar-refractivity contribution in [2.75, 3.05) is 36.8 Å². The molecule has 4 rings (SSSR count). The summed E-state index contributed by atoms with van der Waals surface area (Å²) in [5, 5.41) is 0.